The van der Waals surface area contributed by atoms with Gasteiger partial charge in [-0.3, -0.25) is 14.3 Å². The number of halogens is 1. The Morgan fingerprint density at radius 1 is 1.25 bits per heavy atom. The van der Waals surface area contributed by atoms with E-state index in [1.54, 1.807) is 29.8 Å². The predicted molar refractivity (Wildman–Crippen MR) is 136 cm³/mol. The maximum absolute atomic E-state index is 15.1. The van der Waals surface area contributed by atoms with Crippen molar-refractivity contribution in [3.05, 3.63) is 59.0 Å². The first-order chi connectivity index (χ1) is 17.1. The number of benzene rings is 1. The second-order valence-corrected chi connectivity index (χ2v) is 10.5. The highest BCUT2D eigenvalue weighted by molar-refractivity contribution is 7.13. The summed E-state index contributed by atoms with van der Waals surface area (Å²) in [6, 6.07) is 5.11. The molecule has 3 heterocycles. The molecular formula is C26H32FN5O3S. The number of carbonyl (C=O) groups excluding carboxylic acids is 2. The number of rotatable bonds is 7. The molecule has 3 aromatic rings. The summed E-state index contributed by atoms with van der Waals surface area (Å²) >= 11 is 1.57. The van der Waals surface area contributed by atoms with Crippen LogP contribution in [0.25, 0.3) is 10.4 Å². The van der Waals surface area contributed by atoms with Crippen molar-refractivity contribution in [2.45, 2.75) is 65.0 Å². The normalized spacial score (nSPS) is 21.6. The number of aliphatic hydroxyl groups excluding tert-OH is 1. The number of likely N-dealkylation sites (tertiary alicyclic amines) is 1. The minimum Gasteiger partial charge on any atom is -0.388 e. The molecule has 1 aliphatic heterocycles. The fourth-order valence-electron chi connectivity index (χ4n) is 4.89. The highest BCUT2D eigenvalue weighted by Gasteiger charge is 2.50. The quantitative estimate of drug-likeness (QED) is 0.503. The molecule has 0 bridgehead atoms. The fraction of sp³-hybridized carbons (Fsp3) is 0.462. The van der Waals surface area contributed by atoms with Crippen LogP contribution in [0.2, 0.25) is 0 Å². The third-order valence-corrected chi connectivity index (χ3v) is 7.72. The number of β-amino-alcohol motifs (C(OH)–C–C–N with tert-alkyl or cyclic N) is 1. The van der Waals surface area contributed by atoms with Crippen molar-refractivity contribution in [3.8, 4) is 10.4 Å². The number of alkyl halides is 1. The van der Waals surface area contributed by atoms with Gasteiger partial charge in [-0.15, -0.1) is 11.3 Å². The monoisotopic (exact) mass is 513 g/mol. The summed E-state index contributed by atoms with van der Waals surface area (Å²) in [5.74, 6) is -1.23. The topological polar surface area (TPSA) is 100 Å². The van der Waals surface area contributed by atoms with Crippen LogP contribution >= 0.6 is 11.3 Å². The first kappa shape index (κ1) is 26.0. The Labute approximate surface area is 214 Å². The number of amides is 2. The molecular weight excluding hydrogens is 481 g/mol. The second-order valence-electron chi connectivity index (χ2n) is 9.69. The molecule has 2 amide bonds. The highest BCUT2D eigenvalue weighted by atomic mass is 32.1. The number of nitrogens with zero attached hydrogens (tertiary/aromatic N) is 4. The van der Waals surface area contributed by atoms with E-state index in [1.165, 1.54) is 4.68 Å². The van der Waals surface area contributed by atoms with Gasteiger partial charge in [0.25, 0.3) is 0 Å². The van der Waals surface area contributed by atoms with Gasteiger partial charge in [0.05, 0.1) is 28.7 Å². The Balaban J connectivity index is 1.54. The zero-order valence-electron chi connectivity index (χ0n) is 21.1. The fourth-order valence-corrected chi connectivity index (χ4v) is 5.69. The van der Waals surface area contributed by atoms with E-state index in [4.69, 9.17) is 0 Å². The average Bonchev–Trinajstić information content (AvgIpc) is 3.55. The van der Waals surface area contributed by atoms with Gasteiger partial charge in [-0.1, -0.05) is 32.0 Å². The van der Waals surface area contributed by atoms with Crippen LogP contribution in [0.4, 0.5) is 4.39 Å². The molecule has 36 heavy (non-hydrogen) atoms. The lowest BCUT2D eigenvalue weighted by Gasteiger charge is -2.31. The highest BCUT2D eigenvalue weighted by Crippen LogP contribution is 2.32. The number of hydrogen-bond donors (Lipinski definition) is 2. The Morgan fingerprint density at radius 3 is 2.58 bits per heavy atom. The van der Waals surface area contributed by atoms with Crippen molar-refractivity contribution in [2.75, 3.05) is 6.54 Å². The molecule has 8 nitrogen and oxygen atoms in total. The van der Waals surface area contributed by atoms with E-state index < -0.39 is 42.2 Å². The van der Waals surface area contributed by atoms with E-state index >= 15 is 4.39 Å². The van der Waals surface area contributed by atoms with Crippen molar-refractivity contribution < 1.29 is 19.1 Å². The molecule has 0 spiro atoms. The Bertz CT molecular complexity index is 1230. The summed E-state index contributed by atoms with van der Waals surface area (Å²) in [6.07, 6.45) is -0.0902. The van der Waals surface area contributed by atoms with Gasteiger partial charge in [0.2, 0.25) is 11.8 Å². The molecule has 0 radical (unpaired) electrons. The number of carbonyl (C=O) groups is 2. The SMILES string of the molecule is Cc1cc(-c2scnc2C)ccc1[C@H](C)NC(=O)[C@@H]1[C@@H](F)[C@@H](O)CN1C(=O)[C@H](C(C)C)n1cccn1. The lowest BCUT2D eigenvalue weighted by Crippen LogP contribution is -2.52. The standard InChI is InChI=1S/C26H32FN5O3S/c1-14(2)22(32-10-6-9-29-32)26(35)31-12-20(33)21(27)23(31)25(34)30-16(4)19-8-7-18(11-15(19)3)24-17(5)28-13-36-24/h6-11,13-14,16,20-23,33H,12H2,1-5H3,(H,30,34)/t16-,20-,21-,22-,23-/m0/s1. The molecule has 4 rings (SSSR count). The lowest BCUT2D eigenvalue weighted by atomic mass is 9.98. The van der Waals surface area contributed by atoms with Crippen LogP contribution < -0.4 is 5.32 Å². The summed E-state index contributed by atoms with van der Waals surface area (Å²) in [7, 11) is 0. The largest absolute Gasteiger partial charge is 0.388 e. The smallest absolute Gasteiger partial charge is 0.248 e. The van der Waals surface area contributed by atoms with Crippen LogP contribution in [0.15, 0.2) is 42.2 Å². The summed E-state index contributed by atoms with van der Waals surface area (Å²) in [4.78, 5) is 33.3. The Morgan fingerprint density at radius 2 is 2.00 bits per heavy atom. The van der Waals surface area contributed by atoms with Crippen LogP contribution in [-0.2, 0) is 9.59 Å². The minimum absolute atomic E-state index is 0.154. The van der Waals surface area contributed by atoms with Crippen LogP contribution in [0.5, 0.6) is 0 Å². The summed E-state index contributed by atoms with van der Waals surface area (Å²) in [5.41, 5.74) is 5.68. The molecule has 0 saturated carbocycles. The summed E-state index contributed by atoms with van der Waals surface area (Å²) < 4.78 is 16.6. The zero-order valence-corrected chi connectivity index (χ0v) is 21.9. The zero-order chi connectivity index (χ0) is 26.1. The number of thiazole rings is 1. The number of nitrogens with one attached hydrogen (secondary N) is 1. The second kappa shape index (κ2) is 10.5. The van der Waals surface area contributed by atoms with Crippen molar-refractivity contribution in [2.24, 2.45) is 5.92 Å². The van der Waals surface area contributed by atoms with Crippen molar-refractivity contribution in [3.63, 3.8) is 0 Å². The molecule has 10 heteroatoms. The first-order valence-corrected chi connectivity index (χ1v) is 12.9. The number of hydrogen-bond acceptors (Lipinski definition) is 6. The minimum atomic E-state index is -1.88. The van der Waals surface area contributed by atoms with Crippen LogP contribution in [-0.4, -0.2) is 61.4 Å². The van der Waals surface area contributed by atoms with Crippen molar-refractivity contribution in [1.82, 2.24) is 25.0 Å². The molecule has 0 unspecified atom stereocenters. The van der Waals surface area contributed by atoms with Crippen LogP contribution in [0.1, 0.15) is 49.7 Å². The van der Waals surface area contributed by atoms with Crippen molar-refractivity contribution >= 4 is 23.2 Å². The number of aromatic nitrogens is 3. The van der Waals surface area contributed by atoms with Gasteiger partial charge in [-0.2, -0.15) is 5.10 Å². The van der Waals surface area contributed by atoms with E-state index in [2.05, 4.69) is 15.4 Å². The van der Waals surface area contributed by atoms with E-state index in [0.717, 1.165) is 32.2 Å². The van der Waals surface area contributed by atoms with Crippen LogP contribution in [0.3, 0.4) is 0 Å². The molecule has 5 atom stereocenters. The van der Waals surface area contributed by atoms with E-state index in [9.17, 15) is 14.7 Å². The van der Waals surface area contributed by atoms with Crippen LogP contribution in [0, 0.1) is 19.8 Å². The molecule has 2 N–H and O–H groups in total. The lowest BCUT2D eigenvalue weighted by molar-refractivity contribution is -0.143. The average molecular weight is 514 g/mol. The van der Waals surface area contributed by atoms with Gasteiger partial charge in [0, 0.05) is 12.4 Å². The van der Waals surface area contributed by atoms with E-state index in [1.807, 2.05) is 58.3 Å². The molecule has 1 aromatic carbocycles. The van der Waals surface area contributed by atoms with Gasteiger partial charge >= 0.3 is 0 Å². The molecule has 1 aliphatic rings. The Kier molecular flexibility index (Phi) is 7.56. The number of aryl methyl sites for hydroxylation is 2. The van der Waals surface area contributed by atoms with Gasteiger partial charge in [0.15, 0.2) is 6.17 Å². The van der Waals surface area contributed by atoms with Gasteiger partial charge in [0.1, 0.15) is 18.2 Å². The third-order valence-electron chi connectivity index (χ3n) is 6.74. The van der Waals surface area contributed by atoms with Crippen molar-refractivity contribution in [1.29, 1.82) is 0 Å². The van der Waals surface area contributed by atoms with Gasteiger partial charge in [-0.25, -0.2) is 9.37 Å². The predicted octanol–water partition coefficient (Wildman–Crippen LogP) is 3.61. The maximum Gasteiger partial charge on any atom is 0.248 e. The third kappa shape index (κ3) is 4.92. The Hall–Kier alpha value is -3.11. The van der Waals surface area contributed by atoms with E-state index in [-0.39, 0.29) is 12.5 Å². The summed E-state index contributed by atoms with van der Waals surface area (Å²) in [6.45, 7) is 9.22. The first-order valence-electron chi connectivity index (χ1n) is 12.0. The molecule has 2 aromatic heterocycles. The van der Waals surface area contributed by atoms with Gasteiger partial charge < -0.3 is 15.3 Å². The molecule has 1 saturated heterocycles. The van der Waals surface area contributed by atoms with E-state index in [0.29, 0.717) is 0 Å². The number of aliphatic hydroxyl groups is 1. The van der Waals surface area contributed by atoms with Gasteiger partial charge in [-0.05, 0) is 49.4 Å². The maximum atomic E-state index is 15.1. The molecule has 192 valence electrons. The summed E-state index contributed by atoms with van der Waals surface area (Å²) in [5, 5.41) is 17.3. The molecule has 1 fully saturated rings. The molecule has 0 aliphatic carbocycles.